The summed E-state index contributed by atoms with van der Waals surface area (Å²) < 4.78 is 22.8. The summed E-state index contributed by atoms with van der Waals surface area (Å²) in [5, 5.41) is 2.55. The van der Waals surface area contributed by atoms with Crippen molar-refractivity contribution >= 4 is 11.6 Å². The van der Waals surface area contributed by atoms with Gasteiger partial charge in [0, 0.05) is 17.8 Å². The molecule has 17 heavy (non-hydrogen) atoms. The lowest BCUT2D eigenvalue weighted by molar-refractivity contribution is -0.112. The number of hydrogen-bond acceptors (Lipinski definition) is 3. The molecule has 0 aliphatic heterocycles. The van der Waals surface area contributed by atoms with E-state index in [9.17, 15) is 9.18 Å². The summed E-state index contributed by atoms with van der Waals surface area (Å²) in [6.45, 7) is 2.31. The summed E-state index contributed by atoms with van der Waals surface area (Å²) in [5.41, 5.74) is 0.453. The maximum absolute atomic E-state index is 13.1. The number of rotatable bonds is 5. The molecule has 0 atom stereocenters. The highest BCUT2D eigenvalue weighted by Gasteiger charge is 2.04. The average Bonchev–Trinajstić information content (AvgIpc) is 2.32. The van der Waals surface area contributed by atoms with Crippen LogP contribution in [0.15, 0.2) is 30.5 Å². The molecule has 0 bridgehead atoms. The third-order valence-electron chi connectivity index (χ3n) is 1.90. The van der Waals surface area contributed by atoms with Crippen molar-refractivity contribution in [2.45, 2.75) is 6.92 Å². The van der Waals surface area contributed by atoms with E-state index in [0.717, 1.165) is 0 Å². The normalized spacial score (nSPS) is 10.3. The van der Waals surface area contributed by atoms with Crippen molar-refractivity contribution in [3.8, 4) is 5.75 Å². The number of halogens is 1. The number of methoxy groups -OCH3 is 1. The monoisotopic (exact) mass is 239 g/mol. The summed E-state index contributed by atoms with van der Waals surface area (Å²) in [6.07, 6.45) is 2.55. The first-order chi connectivity index (χ1) is 8.17. The standard InChI is InChI=1S/C12H14FNO3/c1-3-17-7-6-12(15)14-9-4-5-10(13)11(8-9)16-2/h4-8H,3H2,1-2H3,(H,14,15)/b7-6+. The Morgan fingerprint density at radius 3 is 2.94 bits per heavy atom. The zero-order valence-electron chi connectivity index (χ0n) is 9.70. The zero-order chi connectivity index (χ0) is 12.7. The molecule has 0 radical (unpaired) electrons. The van der Waals surface area contributed by atoms with Crippen molar-refractivity contribution in [1.82, 2.24) is 0 Å². The second-order valence-electron chi connectivity index (χ2n) is 3.10. The lowest BCUT2D eigenvalue weighted by Crippen LogP contribution is -2.08. The van der Waals surface area contributed by atoms with Gasteiger partial charge in [0.05, 0.1) is 20.0 Å². The van der Waals surface area contributed by atoms with Crippen LogP contribution in [-0.4, -0.2) is 19.6 Å². The van der Waals surface area contributed by atoms with E-state index in [-0.39, 0.29) is 11.7 Å². The molecular formula is C12H14FNO3. The van der Waals surface area contributed by atoms with E-state index >= 15 is 0 Å². The predicted octanol–water partition coefficient (Wildman–Crippen LogP) is 2.32. The molecule has 1 aromatic carbocycles. The molecule has 1 amide bonds. The summed E-state index contributed by atoms with van der Waals surface area (Å²) in [6, 6.07) is 4.08. The number of carbonyl (C=O) groups is 1. The summed E-state index contributed by atoms with van der Waals surface area (Å²) in [4.78, 5) is 11.4. The first kappa shape index (κ1) is 13.0. The third-order valence-corrected chi connectivity index (χ3v) is 1.90. The highest BCUT2D eigenvalue weighted by Crippen LogP contribution is 2.21. The predicted molar refractivity (Wildman–Crippen MR) is 62.3 cm³/mol. The van der Waals surface area contributed by atoms with Gasteiger partial charge >= 0.3 is 0 Å². The minimum atomic E-state index is -0.477. The minimum absolute atomic E-state index is 0.0802. The Balaban J connectivity index is 2.65. The van der Waals surface area contributed by atoms with Crippen LogP contribution in [0.2, 0.25) is 0 Å². The fraction of sp³-hybridized carbons (Fsp3) is 0.250. The second-order valence-corrected chi connectivity index (χ2v) is 3.10. The molecule has 5 heteroatoms. The fourth-order valence-electron chi connectivity index (χ4n) is 1.13. The Morgan fingerprint density at radius 1 is 1.53 bits per heavy atom. The molecule has 1 aromatic rings. The van der Waals surface area contributed by atoms with E-state index < -0.39 is 5.82 Å². The number of carbonyl (C=O) groups excluding carboxylic acids is 1. The van der Waals surface area contributed by atoms with Crippen LogP contribution in [0.25, 0.3) is 0 Å². The lowest BCUT2D eigenvalue weighted by Gasteiger charge is -2.05. The van der Waals surface area contributed by atoms with Gasteiger partial charge < -0.3 is 14.8 Å². The quantitative estimate of drug-likeness (QED) is 0.633. The lowest BCUT2D eigenvalue weighted by atomic mass is 10.3. The molecule has 0 saturated heterocycles. The van der Waals surface area contributed by atoms with Crippen LogP contribution in [0.3, 0.4) is 0 Å². The van der Waals surface area contributed by atoms with Crippen LogP contribution >= 0.6 is 0 Å². The van der Waals surface area contributed by atoms with Crippen molar-refractivity contribution in [2.75, 3.05) is 19.0 Å². The Kier molecular flexibility index (Phi) is 5.00. The van der Waals surface area contributed by atoms with E-state index in [1.165, 1.54) is 37.6 Å². The van der Waals surface area contributed by atoms with Crippen LogP contribution in [-0.2, 0) is 9.53 Å². The van der Waals surface area contributed by atoms with Crippen LogP contribution < -0.4 is 10.1 Å². The molecule has 0 fully saturated rings. The van der Waals surface area contributed by atoms with Gasteiger partial charge in [-0.3, -0.25) is 4.79 Å². The fourth-order valence-corrected chi connectivity index (χ4v) is 1.13. The van der Waals surface area contributed by atoms with E-state index in [2.05, 4.69) is 5.32 Å². The number of benzene rings is 1. The largest absolute Gasteiger partial charge is 0.501 e. The van der Waals surface area contributed by atoms with E-state index in [0.29, 0.717) is 12.3 Å². The van der Waals surface area contributed by atoms with Gasteiger partial charge in [-0.2, -0.15) is 0 Å². The molecule has 0 saturated carbocycles. The molecule has 1 rings (SSSR count). The van der Waals surface area contributed by atoms with Gasteiger partial charge in [-0.15, -0.1) is 0 Å². The maximum Gasteiger partial charge on any atom is 0.251 e. The molecule has 4 nitrogen and oxygen atoms in total. The smallest absolute Gasteiger partial charge is 0.251 e. The Hall–Kier alpha value is -2.04. The number of ether oxygens (including phenoxy) is 2. The van der Waals surface area contributed by atoms with E-state index in [1.807, 2.05) is 6.92 Å². The van der Waals surface area contributed by atoms with Crippen molar-refractivity contribution in [2.24, 2.45) is 0 Å². The number of amides is 1. The SMILES string of the molecule is CCO/C=C/C(=O)Nc1ccc(F)c(OC)c1. The minimum Gasteiger partial charge on any atom is -0.501 e. The van der Waals surface area contributed by atoms with Crippen molar-refractivity contribution in [3.05, 3.63) is 36.4 Å². The molecule has 0 heterocycles. The first-order valence-corrected chi connectivity index (χ1v) is 5.10. The molecule has 1 N–H and O–H groups in total. The van der Waals surface area contributed by atoms with E-state index in [1.54, 1.807) is 0 Å². The third kappa shape index (κ3) is 4.14. The highest BCUT2D eigenvalue weighted by molar-refractivity contribution is 5.99. The van der Waals surface area contributed by atoms with Gasteiger partial charge in [0.1, 0.15) is 0 Å². The van der Waals surface area contributed by atoms with Crippen molar-refractivity contribution < 1.29 is 18.7 Å². The maximum atomic E-state index is 13.1. The van der Waals surface area contributed by atoms with Crippen LogP contribution in [0, 0.1) is 5.82 Å². The molecule has 0 aromatic heterocycles. The molecule has 0 aliphatic carbocycles. The molecule has 0 spiro atoms. The number of anilines is 1. The molecule has 0 unspecified atom stereocenters. The van der Waals surface area contributed by atoms with Gasteiger partial charge in [0.25, 0.3) is 5.91 Å². The topological polar surface area (TPSA) is 47.6 Å². The second kappa shape index (κ2) is 6.52. The number of nitrogens with one attached hydrogen (secondary N) is 1. The van der Waals surface area contributed by atoms with Gasteiger partial charge in [-0.25, -0.2) is 4.39 Å². The van der Waals surface area contributed by atoms with Gasteiger partial charge in [0.15, 0.2) is 11.6 Å². The molecular weight excluding hydrogens is 225 g/mol. The average molecular weight is 239 g/mol. The molecule has 0 aliphatic rings. The van der Waals surface area contributed by atoms with Crippen molar-refractivity contribution in [1.29, 1.82) is 0 Å². The zero-order valence-corrected chi connectivity index (χ0v) is 9.70. The Bertz CT molecular complexity index is 418. The van der Waals surface area contributed by atoms with Crippen LogP contribution in [0.4, 0.5) is 10.1 Å². The van der Waals surface area contributed by atoms with Crippen molar-refractivity contribution in [3.63, 3.8) is 0 Å². The Morgan fingerprint density at radius 2 is 2.29 bits per heavy atom. The number of hydrogen-bond donors (Lipinski definition) is 1. The van der Waals surface area contributed by atoms with Gasteiger partial charge in [-0.05, 0) is 19.1 Å². The molecule has 92 valence electrons. The van der Waals surface area contributed by atoms with Crippen LogP contribution in [0.5, 0.6) is 5.75 Å². The van der Waals surface area contributed by atoms with Crippen LogP contribution in [0.1, 0.15) is 6.92 Å². The van der Waals surface area contributed by atoms with Gasteiger partial charge in [0.2, 0.25) is 0 Å². The van der Waals surface area contributed by atoms with E-state index in [4.69, 9.17) is 9.47 Å². The summed E-state index contributed by atoms with van der Waals surface area (Å²) in [5.74, 6) is -0.751. The summed E-state index contributed by atoms with van der Waals surface area (Å²) >= 11 is 0. The summed E-state index contributed by atoms with van der Waals surface area (Å²) in [7, 11) is 1.36. The van der Waals surface area contributed by atoms with Gasteiger partial charge in [-0.1, -0.05) is 0 Å². The Labute approximate surface area is 99.0 Å². The first-order valence-electron chi connectivity index (χ1n) is 5.10. The highest BCUT2D eigenvalue weighted by atomic mass is 19.1.